The second-order valence-electron chi connectivity index (χ2n) is 6.89. The molecule has 2 fully saturated rings. The van der Waals surface area contributed by atoms with E-state index >= 15 is 0 Å². The Labute approximate surface area is 168 Å². The smallest absolute Gasteiger partial charge is 0.315 e. The normalized spacial score (nSPS) is 25.1. The van der Waals surface area contributed by atoms with E-state index in [9.17, 15) is 18.0 Å². The minimum absolute atomic E-state index is 0.182. The second kappa shape index (κ2) is 7.24. The zero-order valence-electron chi connectivity index (χ0n) is 14.7. The van der Waals surface area contributed by atoms with Crippen LogP contribution in [0.1, 0.15) is 13.3 Å². The fourth-order valence-corrected chi connectivity index (χ4v) is 5.05. The Kier molecular flexibility index (Phi) is 5.46. The fourth-order valence-electron chi connectivity index (χ4n) is 2.92. The lowest BCUT2D eigenvalue weighted by atomic mass is 10.1. The van der Waals surface area contributed by atoms with Gasteiger partial charge in [-0.15, -0.1) is 23.2 Å². The molecule has 27 heavy (non-hydrogen) atoms. The summed E-state index contributed by atoms with van der Waals surface area (Å²) in [5.41, 5.74) is -0.987. The first kappa shape index (κ1) is 20.4. The predicted octanol–water partition coefficient (Wildman–Crippen LogP) is 1.65. The minimum atomic E-state index is -3.58. The van der Waals surface area contributed by atoms with E-state index in [4.69, 9.17) is 27.9 Å². The molecule has 1 aromatic rings. The summed E-state index contributed by atoms with van der Waals surface area (Å²) >= 11 is 11.8. The van der Waals surface area contributed by atoms with Crippen LogP contribution in [0.25, 0.3) is 0 Å². The number of benzene rings is 1. The summed E-state index contributed by atoms with van der Waals surface area (Å²) in [7, 11) is -3.58. The number of esters is 1. The van der Waals surface area contributed by atoms with Crippen LogP contribution in [-0.4, -0.2) is 66.6 Å². The molecule has 7 nitrogen and oxygen atoms in total. The molecule has 0 N–H and O–H groups in total. The molecule has 1 saturated carbocycles. The van der Waals surface area contributed by atoms with Crippen molar-refractivity contribution in [2.24, 2.45) is 5.41 Å². The molecule has 1 aliphatic heterocycles. The minimum Gasteiger partial charge on any atom is -0.455 e. The first-order valence-corrected chi connectivity index (χ1v) is 10.7. The Morgan fingerprint density at radius 3 is 2.19 bits per heavy atom. The molecule has 1 unspecified atom stereocenters. The van der Waals surface area contributed by atoms with Crippen molar-refractivity contribution in [1.29, 1.82) is 0 Å². The van der Waals surface area contributed by atoms with Gasteiger partial charge in [-0.3, -0.25) is 9.59 Å². The third-order valence-electron chi connectivity index (χ3n) is 5.01. The largest absolute Gasteiger partial charge is 0.455 e. The molecule has 1 aromatic carbocycles. The van der Waals surface area contributed by atoms with Gasteiger partial charge in [0.1, 0.15) is 9.75 Å². The maximum absolute atomic E-state index is 12.6. The van der Waals surface area contributed by atoms with Crippen molar-refractivity contribution in [3.05, 3.63) is 30.3 Å². The molecule has 2 aliphatic rings. The van der Waals surface area contributed by atoms with Gasteiger partial charge in [-0.2, -0.15) is 4.31 Å². The number of amides is 1. The summed E-state index contributed by atoms with van der Waals surface area (Å²) in [5.74, 6) is -0.981. The Bertz CT molecular complexity index is 838. The fraction of sp³-hybridized carbons (Fsp3) is 0.529. The van der Waals surface area contributed by atoms with Gasteiger partial charge in [0, 0.05) is 32.6 Å². The van der Waals surface area contributed by atoms with E-state index in [-0.39, 0.29) is 43.4 Å². The number of alkyl halides is 2. The SMILES string of the molecule is CC1(C(=O)OCC(=O)N2CCN(S(=O)(=O)c3ccccc3)CC2)CC1(Cl)Cl. The van der Waals surface area contributed by atoms with Crippen molar-refractivity contribution in [3.8, 4) is 0 Å². The van der Waals surface area contributed by atoms with Crippen molar-refractivity contribution in [3.63, 3.8) is 0 Å². The van der Waals surface area contributed by atoms with Crippen molar-refractivity contribution in [2.75, 3.05) is 32.8 Å². The monoisotopic (exact) mass is 434 g/mol. The van der Waals surface area contributed by atoms with Gasteiger partial charge in [0.05, 0.1) is 4.90 Å². The van der Waals surface area contributed by atoms with E-state index < -0.39 is 32.3 Å². The first-order chi connectivity index (χ1) is 12.6. The van der Waals surface area contributed by atoms with Crippen molar-refractivity contribution < 1.29 is 22.7 Å². The van der Waals surface area contributed by atoms with Gasteiger partial charge in [-0.1, -0.05) is 18.2 Å². The van der Waals surface area contributed by atoms with Crippen molar-refractivity contribution >= 4 is 45.1 Å². The summed E-state index contributed by atoms with van der Waals surface area (Å²) in [6.07, 6.45) is 0.284. The van der Waals surface area contributed by atoms with Crippen LogP contribution in [-0.2, 0) is 24.3 Å². The lowest BCUT2D eigenvalue weighted by Gasteiger charge is -2.34. The Balaban J connectivity index is 1.51. The van der Waals surface area contributed by atoms with Gasteiger partial charge in [0.15, 0.2) is 6.61 Å². The van der Waals surface area contributed by atoms with Gasteiger partial charge in [-0.25, -0.2) is 8.42 Å². The Morgan fingerprint density at radius 2 is 1.67 bits per heavy atom. The average Bonchev–Trinajstić information content (AvgIpc) is 3.19. The zero-order valence-corrected chi connectivity index (χ0v) is 17.1. The predicted molar refractivity (Wildman–Crippen MR) is 99.9 cm³/mol. The molecule has 0 aromatic heterocycles. The molecule has 1 aliphatic carbocycles. The van der Waals surface area contributed by atoms with E-state index in [1.807, 2.05) is 0 Å². The lowest BCUT2D eigenvalue weighted by Crippen LogP contribution is -2.51. The molecule has 1 amide bonds. The maximum Gasteiger partial charge on any atom is 0.315 e. The van der Waals surface area contributed by atoms with Crippen LogP contribution in [0, 0.1) is 5.41 Å². The van der Waals surface area contributed by atoms with Crippen LogP contribution >= 0.6 is 23.2 Å². The highest BCUT2D eigenvalue weighted by atomic mass is 35.5. The number of carbonyl (C=O) groups excluding carboxylic acids is 2. The third-order valence-corrected chi connectivity index (χ3v) is 8.02. The molecule has 1 saturated heterocycles. The van der Waals surface area contributed by atoms with Gasteiger partial charge >= 0.3 is 5.97 Å². The standard InChI is InChI=1S/C17H20Cl2N2O5S/c1-16(12-17(16,18)19)15(23)26-11-14(22)20-7-9-21(10-8-20)27(24,25)13-5-3-2-4-6-13/h2-6H,7-12H2,1H3. The maximum atomic E-state index is 12.6. The Morgan fingerprint density at radius 1 is 1.11 bits per heavy atom. The van der Waals surface area contributed by atoms with Crippen LogP contribution in [0.5, 0.6) is 0 Å². The molecule has 0 bridgehead atoms. The number of hydrogen-bond acceptors (Lipinski definition) is 5. The number of hydrogen-bond donors (Lipinski definition) is 0. The summed E-state index contributed by atoms with van der Waals surface area (Å²) in [4.78, 5) is 26.0. The first-order valence-electron chi connectivity index (χ1n) is 8.46. The van der Waals surface area contributed by atoms with Crippen molar-refractivity contribution in [2.45, 2.75) is 22.6 Å². The average molecular weight is 435 g/mol. The van der Waals surface area contributed by atoms with Gasteiger partial charge < -0.3 is 9.64 Å². The lowest BCUT2D eigenvalue weighted by molar-refractivity contribution is -0.156. The number of halogens is 2. The van der Waals surface area contributed by atoms with Crippen LogP contribution in [0.15, 0.2) is 35.2 Å². The highest BCUT2D eigenvalue weighted by Crippen LogP contribution is 2.64. The number of piperazine rings is 1. The highest BCUT2D eigenvalue weighted by Gasteiger charge is 2.69. The zero-order chi connectivity index (χ0) is 19.9. The third kappa shape index (κ3) is 3.94. The van der Waals surface area contributed by atoms with Crippen LogP contribution in [0.4, 0.5) is 0 Å². The summed E-state index contributed by atoms with van der Waals surface area (Å²) in [6, 6.07) is 8.16. The van der Waals surface area contributed by atoms with E-state index in [2.05, 4.69) is 0 Å². The number of sulfonamides is 1. The summed E-state index contributed by atoms with van der Waals surface area (Å²) in [6.45, 7) is 2.00. The van der Waals surface area contributed by atoms with E-state index in [0.717, 1.165) is 0 Å². The summed E-state index contributed by atoms with van der Waals surface area (Å²) < 4.78 is 30.4. The number of carbonyl (C=O) groups is 2. The molecule has 148 valence electrons. The molecule has 10 heteroatoms. The van der Waals surface area contributed by atoms with Crippen molar-refractivity contribution in [1.82, 2.24) is 9.21 Å². The van der Waals surface area contributed by atoms with E-state index in [1.54, 1.807) is 37.3 Å². The second-order valence-corrected chi connectivity index (χ2v) is 10.3. The van der Waals surface area contributed by atoms with Gasteiger partial charge in [-0.05, 0) is 19.1 Å². The van der Waals surface area contributed by atoms with E-state index in [0.29, 0.717) is 0 Å². The number of ether oxygens (including phenoxy) is 1. The van der Waals surface area contributed by atoms with Gasteiger partial charge in [0.25, 0.3) is 5.91 Å². The molecule has 0 spiro atoms. The molecule has 3 rings (SSSR count). The van der Waals surface area contributed by atoms with Crippen LogP contribution < -0.4 is 0 Å². The molecule has 1 atom stereocenters. The molecule has 1 heterocycles. The number of rotatable bonds is 5. The quantitative estimate of drug-likeness (QED) is 0.519. The number of nitrogens with zero attached hydrogens (tertiary/aromatic N) is 2. The van der Waals surface area contributed by atoms with Crippen LogP contribution in [0.3, 0.4) is 0 Å². The highest BCUT2D eigenvalue weighted by molar-refractivity contribution is 7.89. The molecule has 0 radical (unpaired) electrons. The molecular formula is C17H20Cl2N2O5S. The summed E-state index contributed by atoms with van der Waals surface area (Å²) in [5, 5.41) is 0. The topological polar surface area (TPSA) is 84.0 Å². The molecular weight excluding hydrogens is 415 g/mol. The Hall–Kier alpha value is -1.35. The van der Waals surface area contributed by atoms with Crippen LogP contribution in [0.2, 0.25) is 0 Å². The van der Waals surface area contributed by atoms with E-state index in [1.165, 1.54) is 9.21 Å². The van der Waals surface area contributed by atoms with Gasteiger partial charge in [0.2, 0.25) is 10.0 Å².